The maximum Gasteiger partial charge on any atom is 0.516 e. The number of benzene rings is 3. The molecule has 0 unspecified atom stereocenters. The van der Waals surface area contributed by atoms with E-state index >= 15 is 0 Å². The van der Waals surface area contributed by atoms with Crippen molar-refractivity contribution in [2.75, 3.05) is 18.4 Å². The van der Waals surface area contributed by atoms with Crippen LogP contribution >= 0.6 is 0 Å². The molecule has 0 spiro atoms. The zero-order valence-corrected chi connectivity index (χ0v) is 27.5. The number of aryl methyl sites for hydroxylation is 1. The molecule has 2 heterocycles. The van der Waals surface area contributed by atoms with Crippen LogP contribution in [0.3, 0.4) is 0 Å². The first-order valence-electron chi connectivity index (χ1n) is 16.4. The summed E-state index contributed by atoms with van der Waals surface area (Å²) in [6, 6.07) is 18.6. The molecule has 10 nitrogen and oxygen atoms in total. The second-order valence-corrected chi connectivity index (χ2v) is 14.2. The maximum absolute atomic E-state index is 14.2. The molecular formula is C35H37F3N4O6S. The van der Waals surface area contributed by atoms with Crippen LogP contribution in [-0.4, -0.2) is 54.2 Å². The molecule has 1 saturated heterocycles. The summed E-state index contributed by atoms with van der Waals surface area (Å²) in [5, 5.41) is 5.53. The van der Waals surface area contributed by atoms with Gasteiger partial charge in [-0.05, 0) is 73.2 Å². The minimum absolute atomic E-state index is 0.0382. The molecule has 2 fully saturated rings. The first-order chi connectivity index (χ1) is 23.4. The van der Waals surface area contributed by atoms with Crippen LogP contribution in [0.25, 0.3) is 21.7 Å². The summed E-state index contributed by atoms with van der Waals surface area (Å²) < 4.78 is 70.6. The third-order valence-electron chi connectivity index (χ3n) is 9.21. The van der Waals surface area contributed by atoms with E-state index in [9.17, 15) is 36.0 Å². The maximum atomic E-state index is 14.2. The molecule has 14 heteroatoms. The Labute approximate surface area is 281 Å². The van der Waals surface area contributed by atoms with E-state index in [1.807, 2.05) is 42.5 Å². The fourth-order valence-corrected chi connectivity index (χ4v) is 7.22. The average Bonchev–Trinajstić information content (AvgIpc) is 3.84. The van der Waals surface area contributed by atoms with Crippen LogP contribution in [0.2, 0.25) is 0 Å². The topological polar surface area (TPSA) is 127 Å². The number of fused-ring (bicyclic) bond motifs is 2. The minimum atomic E-state index is -5.84. The number of carbonyl (C=O) groups excluding carboxylic acids is 3. The van der Waals surface area contributed by atoms with Crippen LogP contribution in [0.5, 0.6) is 5.75 Å². The Hall–Kier alpha value is -4.59. The van der Waals surface area contributed by atoms with Crippen LogP contribution in [0, 0.1) is 5.92 Å². The van der Waals surface area contributed by atoms with Crippen molar-refractivity contribution in [2.45, 2.75) is 70.0 Å². The number of sulfonamides is 1. The van der Waals surface area contributed by atoms with Crippen molar-refractivity contribution >= 4 is 55.1 Å². The lowest BCUT2D eigenvalue weighted by atomic mass is 10.1. The molecule has 6 rings (SSSR count). The van der Waals surface area contributed by atoms with E-state index in [1.54, 1.807) is 27.7 Å². The van der Waals surface area contributed by atoms with E-state index in [4.69, 9.17) is 4.74 Å². The number of rotatable bonds is 11. The number of carbonyl (C=O) groups is 3. The number of anilines is 1. The molecule has 0 bridgehead atoms. The van der Waals surface area contributed by atoms with Gasteiger partial charge in [-0.15, -0.1) is 0 Å². The molecule has 1 aromatic heterocycles. The SMILES string of the molecule is O=C(CCCn1c(COc2ccc3ccccc3c2)c(C(=O)N2CCCC2)c2cc(NC(=O)C3CCCC3)ccc21)NS(=O)(=O)C(F)(F)F. The molecule has 49 heavy (non-hydrogen) atoms. The zero-order valence-electron chi connectivity index (χ0n) is 26.7. The van der Waals surface area contributed by atoms with Crippen LogP contribution < -0.4 is 14.8 Å². The number of halogens is 3. The Bertz CT molecular complexity index is 2000. The predicted octanol–water partition coefficient (Wildman–Crippen LogP) is 6.48. The van der Waals surface area contributed by atoms with Gasteiger partial charge in [-0.1, -0.05) is 43.2 Å². The van der Waals surface area contributed by atoms with Gasteiger partial charge in [0.15, 0.2) is 0 Å². The highest BCUT2D eigenvalue weighted by Gasteiger charge is 2.46. The number of aromatic nitrogens is 1. The Morgan fingerprint density at radius 1 is 0.898 bits per heavy atom. The van der Waals surface area contributed by atoms with E-state index in [0.717, 1.165) is 54.0 Å². The molecule has 260 valence electrons. The number of hydrogen-bond acceptors (Lipinski definition) is 6. The van der Waals surface area contributed by atoms with Crippen molar-refractivity contribution in [2.24, 2.45) is 5.92 Å². The van der Waals surface area contributed by atoms with Crippen LogP contribution in [-0.2, 0) is 32.8 Å². The van der Waals surface area contributed by atoms with Crippen LogP contribution in [0.1, 0.15) is 67.4 Å². The molecule has 2 N–H and O–H groups in total. The number of alkyl halides is 3. The molecule has 1 aliphatic carbocycles. The Morgan fingerprint density at radius 2 is 1.61 bits per heavy atom. The smallest absolute Gasteiger partial charge is 0.487 e. The van der Waals surface area contributed by atoms with Gasteiger partial charge in [0.2, 0.25) is 11.8 Å². The standard InChI is InChI=1S/C35H37F3N4O6S/c36-35(37,38)49(46,47)40-31(43)12-7-19-42-29-16-14-26(39-33(44)24-9-2-3-10-24)21-28(29)32(34(45)41-17-5-6-18-41)30(42)22-48-27-15-13-23-8-1-4-11-25(23)20-27/h1,4,8,11,13-16,20-21,24H,2-3,5-7,9-10,12,17-19,22H2,(H,39,44)(H,40,43). The molecule has 0 radical (unpaired) electrons. The summed E-state index contributed by atoms with van der Waals surface area (Å²) in [6.07, 6.45) is 4.77. The van der Waals surface area contributed by atoms with Crippen molar-refractivity contribution in [1.29, 1.82) is 0 Å². The van der Waals surface area contributed by atoms with Gasteiger partial charge in [0.05, 0.1) is 11.3 Å². The van der Waals surface area contributed by atoms with E-state index in [0.29, 0.717) is 46.7 Å². The quantitative estimate of drug-likeness (QED) is 0.185. The summed E-state index contributed by atoms with van der Waals surface area (Å²) in [7, 11) is -5.84. The van der Waals surface area contributed by atoms with Crippen molar-refractivity contribution in [3.05, 3.63) is 71.9 Å². The van der Waals surface area contributed by atoms with Crippen molar-refractivity contribution < 1.29 is 40.7 Å². The molecular weight excluding hydrogens is 661 g/mol. The van der Waals surface area contributed by atoms with Crippen molar-refractivity contribution in [1.82, 2.24) is 14.2 Å². The summed E-state index contributed by atoms with van der Waals surface area (Å²) in [6.45, 7) is 1.15. The van der Waals surface area contributed by atoms with Gasteiger partial charge in [-0.3, -0.25) is 14.4 Å². The van der Waals surface area contributed by atoms with Gasteiger partial charge in [-0.2, -0.15) is 21.6 Å². The second kappa shape index (κ2) is 14.1. The molecule has 4 aromatic rings. The molecule has 1 aliphatic heterocycles. The number of ether oxygens (including phenoxy) is 1. The largest absolute Gasteiger partial charge is 0.516 e. The zero-order chi connectivity index (χ0) is 34.8. The summed E-state index contributed by atoms with van der Waals surface area (Å²) in [5.41, 5.74) is -3.64. The number of nitrogens with zero attached hydrogens (tertiary/aromatic N) is 2. The minimum Gasteiger partial charge on any atom is -0.487 e. The first-order valence-corrected chi connectivity index (χ1v) is 17.9. The highest BCUT2D eigenvalue weighted by atomic mass is 32.2. The third kappa shape index (κ3) is 7.53. The lowest BCUT2D eigenvalue weighted by Crippen LogP contribution is -2.40. The number of hydrogen-bond donors (Lipinski definition) is 2. The third-order valence-corrected chi connectivity index (χ3v) is 10.3. The van der Waals surface area contributed by atoms with Gasteiger partial charge >= 0.3 is 15.5 Å². The van der Waals surface area contributed by atoms with Gasteiger partial charge in [0, 0.05) is 48.6 Å². The van der Waals surface area contributed by atoms with E-state index < -0.39 is 27.9 Å². The second-order valence-electron chi connectivity index (χ2n) is 12.6. The summed E-state index contributed by atoms with van der Waals surface area (Å²) >= 11 is 0. The summed E-state index contributed by atoms with van der Waals surface area (Å²) in [5.74, 6) is -1.12. The Kier molecular flexibility index (Phi) is 9.87. The fourth-order valence-electron chi connectivity index (χ4n) is 6.71. The highest BCUT2D eigenvalue weighted by molar-refractivity contribution is 7.90. The predicted molar refractivity (Wildman–Crippen MR) is 178 cm³/mol. The normalized spacial score (nSPS) is 15.6. The lowest BCUT2D eigenvalue weighted by molar-refractivity contribution is -0.120. The molecule has 0 atom stereocenters. The number of amides is 3. The van der Waals surface area contributed by atoms with E-state index in [-0.39, 0.29) is 37.3 Å². The fraction of sp³-hybridized carbons (Fsp3) is 0.400. The molecule has 3 amide bonds. The van der Waals surface area contributed by atoms with Crippen molar-refractivity contribution in [3.8, 4) is 5.75 Å². The lowest BCUT2D eigenvalue weighted by Gasteiger charge is -2.18. The molecule has 3 aromatic carbocycles. The first kappa shape index (κ1) is 34.3. The van der Waals surface area contributed by atoms with Gasteiger partial charge in [0.25, 0.3) is 5.91 Å². The van der Waals surface area contributed by atoms with E-state index in [2.05, 4.69) is 5.32 Å². The van der Waals surface area contributed by atoms with Crippen LogP contribution in [0.4, 0.5) is 18.9 Å². The van der Waals surface area contributed by atoms with Crippen molar-refractivity contribution in [3.63, 3.8) is 0 Å². The number of nitrogens with one attached hydrogen (secondary N) is 2. The average molecular weight is 699 g/mol. The highest BCUT2D eigenvalue weighted by Crippen LogP contribution is 2.34. The van der Waals surface area contributed by atoms with Gasteiger partial charge < -0.3 is 19.5 Å². The number of likely N-dealkylation sites (tertiary alicyclic amines) is 1. The Balaban J connectivity index is 1.36. The molecule has 2 aliphatic rings. The van der Waals surface area contributed by atoms with Gasteiger partial charge in [0.1, 0.15) is 12.4 Å². The Morgan fingerprint density at radius 3 is 2.33 bits per heavy atom. The van der Waals surface area contributed by atoms with Crippen LogP contribution in [0.15, 0.2) is 60.7 Å². The van der Waals surface area contributed by atoms with E-state index in [1.165, 1.54) is 0 Å². The van der Waals surface area contributed by atoms with Gasteiger partial charge in [-0.25, -0.2) is 4.72 Å². The monoisotopic (exact) mass is 698 g/mol. The summed E-state index contributed by atoms with van der Waals surface area (Å²) in [4.78, 5) is 41.2. The molecule has 1 saturated carbocycles.